The normalized spacial score (nSPS) is 23.1. The minimum atomic E-state index is -0.784. The molecule has 2 N–H and O–H groups in total. The lowest BCUT2D eigenvalue weighted by molar-refractivity contribution is -0.144. The summed E-state index contributed by atoms with van der Waals surface area (Å²) in [4.78, 5) is 48.3. The number of aromatic nitrogens is 1. The zero-order valence-electron chi connectivity index (χ0n) is 30.2. The van der Waals surface area contributed by atoms with Gasteiger partial charge in [-0.05, 0) is 116 Å². The molecule has 0 spiro atoms. The molecular weight excluding hydrogens is 731 g/mol. The van der Waals surface area contributed by atoms with E-state index in [0.29, 0.717) is 86.3 Å². The monoisotopic (exact) mass is 774 g/mol. The number of amides is 2. The van der Waals surface area contributed by atoms with Gasteiger partial charge in [-0.25, -0.2) is 5.01 Å². The maximum Gasteiger partial charge on any atom is 0.306 e. The van der Waals surface area contributed by atoms with Gasteiger partial charge in [0, 0.05) is 44.0 Å². The minimum absolute atomic E-state index is 0.0675. The summed E-state index contributed by atoms with van der Waals surface area (Å²) >= 11 is 13.0. The SMILES string of the molecule is COc1ccc(C2C=NN=N2)cc1C(=O)N1CCC(CCN2CCC(C(=O)NN3CCC(C(=O)O)CC3)(c3ccncc3)CC2)(c2ccc(Cl)c(Cl)c2)C1. The standard InChI is InChI=1S/C39H44Cl2N8O5/c1-54-34-5-2-27(33-24-43-46-44-33)22-30(34)35(50)48-21-11-38(25-48,29-3-4-31(40)32(41)23-29)10-18-47-19-12-39(13-20-47,28-6-14-42-15-7-28)37(53)45-49-16-8-26(9-17-49)36(51)52/h2-7,14-15,22-24,26,33H,8-13,16-21,25H2,1H3,(H,45,53)(H,51,52). The number of methoxy groups -OCH3 is 1. The number of hydrazine groups is 1. The zero-order chi connectivity index (χ0) is 37.9. The number of piperidine rings is 2. The lowest BCUT2D eigenvalue weighted by atomic mass is 9.72. The van der Waals surface area contributed by atoms with E-state index in [9.17, 15) is 19.5 Å². The topological polar surface area (TPSA) is 152 Å². The van der Waals surface area contributed by atoms with E-state index >= 15 is 0 Å². The Morgan fingerprint density at radius 3 is 2.35 bits per heavy atom. The third kappa shape index (κ3) is 7.72. The van der Waals surface area contributed by atoms with E-state index in [-0.39, 0.29) is 29.2 Å². The van der Waals surface area contributed by atoms with Gasteiger partial charge in [0.05, 0.1) is 40.3 Å². The van der Waals surface area contributed by atoms with Crippen LogP contribution in [0.3, 0.4) is 0 Å². The van der Waals surface area contributed by atoms with E-state index in [0.717, 1.165) is 36.1 Å². The Bertz CT molecular complexity index is 1920. The van der Waals surface area contributed by atoms with Crippen molar-refractivity contribution in [3.05, 3.63) is 93.2 Å². The van der Waals surface area contributed by atoms with Crippen LogP contribution in [0.15, 0.2) is 76.4 Å². The quantitative estimate of drug-likeness (QED) is 0.244. The van der Waals surface area contributed by atoms with Gasteiger partial charge in [0.1, 0.15) is 11.8 Å². The van der Waals surface area contributed by atoms with Crippen molar-refractivity contribution in [2.75, 3.05) is 52.9 Å². The molecule has 2 atom stereocenters. The van der Waals surface area contributed by atoms with Crippen LogP contribution in [-0.2, 0) is 20.4 Å². The number of hydrogen-bond acceptors (Lipinski definition) is 10. The van der Waals surface area contributed by atoms with Crippen LogP contribution in [0.1, 0.15) is 71.6 Å². The summed E-state index contributed by atoms with van der Waals surface area (Å²) in [5.41, 5.74) is 5.24. The van der Waals surface area contributed by atoms with Gasteiger partial charge < -0.3 is 19.6 Å². The van der Waals surface area contributed by atoms with Crippen molar-refractivity contribution >= 4 is 47.2 Å². The number of pyridine rings is 1. The number of benzene rings is 2. The van der Waals surface area contributed by atoms with Crippen molar-refractivity contribution in [3.8, 4) is 5.75 Å². The van der Waals surface area contributed by atoms with Gasteiger partial charge in [0.25, 0.3) is 5.91 Å². The van der Waals surface area contributed by atoms with E-state index in [4.69, 9.17) is 27.9 Å². The van der Waals surface area contributed by atoms with E-state index < -0.39 is 11.4 Å². The minimum Gasteiger partial charge on any atom is -0.496 e. The summed E-state index contributed by atoms with van der Waals surface area (Å²) in [7, 11) is 1.56. The second kappa shape index (κ2) is 16.1. The molecule has 4 aliphatic rings. The maximum absolute atomic E-state index is 14.2. The van der Waals surface area contributed by atoms with Gasteiger partial charge in [-0.2, -0.15) is 5.11 Å². The van der Waals surface area contributed by atoms with Crippen LogP contribution in [-0.4, -0.2) is 102 Å². The van der Waals surface area contributed by atoms with Crippen molar-refractivity contribution < 1.29 is 24.2 Å². The molecule has 3 aromatic rings. The van der Waals surface area contributed by atoms with Crippen molar-refractivity contribution in [1.82, 2.24) is 25.2 Å². The van der Waals surface area contributed by atoms with Crippen molar-refractivity contribution in [2.45, 2.75) is 55.4 Å². The van der Waals surface area contributed by atoms with Crippen LogP contribution in [0.5, 0.6) is 5.75 Å². The highest BCUT2D eigenvalue weighted by Gasteiger charge is 2.46. The molecule has 15 heteroatoms. The fourth-order valence-electron chi connectivity index (χ4n) is 8.40. The molecule has 0 bridgehead atoms. The van der Waals surface area contributed by atoms with Gasteiger partial charge >= 0.3 is 5.97 Å². The highest BCUT2D eigenvalue weighted by molar-refractivity contribution is 6.42. The van der Waals surface area contributed by atoms with Gasteiger partial charge in [0.15, 0.2) is 0 Å². The van der Waals surface area contributed by atoms with Gasteiger partial charge in [0.2, 0.25) is 5.91 Å². The molecule has 2 aromatic carbocycles. The predicted octanol–water partition coefficient (Wildman–Crippen LogP) is 5.93. The third-order valence-corrected chi connectivity index (χ3v) is 12.5. The van der Waals surface area contributed by atoms with Gasteiger partial charge in [-0.15, -0.1) is 5.10 Å². The van der Waals surface area contributed by atoms with Crippen molar-refractivity contribution in [2.24, 2.45) is 21.4 Å². The second-order valence-corrected chi connectivity index (χ2v) is 15.5. The Labute approximate surface area is 324 Å². The first-order chi connectivity index (χ1) is 26.1. The second-order valence-electron chi connectivity index (χ2n) is 14.7. The number of carbonyl (C=O) groups is 3. The van der Waals surface area contributed by atoms with E-state index in [2.05, 4.69) is 30.7 Å². The Kier molecular flexibility index (Phi) is 11.3. The number of likely N-dealkylation sites (tertiary alicyclic amines) is 2. The highest BCUT2D eigenvalue weighted by atomic mass is 35.5. The number of halogens is 2. The van der Waals surface area contributed by atoms with E-state index in [1.807, 2.05) is 52.4 Å². The van der Waals surface area contributed by atoms with Gasteiger partial charge in [-0.3, -0.25) is 24.8 Å². The molecule has 2 unspecified atom stereocenters. The van der Waals surface area contributed by atoms with Crippen LogP contribution >= 0.6 is 23.2 Å². The van der Waals surface area contributed by atoms with Crippen LogP contribution in [0.2, 0.25) is 10.0 Å². The summed E-state index contributed by atoms with van der Waals surface area (Å²) < 4.78 is 5.63. The first-order valence-electron chi connectivity index (χ1n) is 18.4. The number of rotatable bonds is 11. The summed E-state index contributed by atoms with van der Waals surface area (Å²) in [6.45, 7) is 4.17. The molecule has 3 saturated heterocycles. The molecule has 0 radical (unpaired) electrons. The lowest BCUT2D eigenvalue weighted by Crippen LogP contribution is -2.57. The number of nitrogens with zero attached hydrogens (tertiary/aromatic N) is 7. The van der Waals surface area contributed by atoms with Gasteiger partial charge in [-0.1, -0.05) is 35.3 Å². The predicted molar refractivity (Wildman–Crippen MR) is 204 cm³/mol. The maximum atomic E-state index is 14.2. The smallest absolute Gasteiger partial charge is 0.306 e. The Morgan fingerprint density at radius 2 is 1.69 bits per heavy atom. The molecule has 0 saturated carbocycles. The molecule has 2 amide bonds. The van der Waals surface area contributed by atoms with Crippen molar-refractivity contribution in [1.29, 1.82) is 0 Å². The number of hydrogen-bond donors (Lipinski definition) is 2. The molecule has 1 aromatic heterocycles. The Hall–Kier alpha value is -4.43. The number of carboxylic acids is 1. The van der Waals surface area contributed by atoms with Crippen LogP contribution in [0, 0.1) is 5.92 Å². The Balaban J connectivity index is 1.07. The fourth-order valence-corrected chi connectivity index (χ4v) is 8.70. The average Bonchev–Trinajstić information content (AvgIpc) is 3.91. The molecule has 54 heavy (non-hydrogen) atoms. The summed E-state index contributed by atoms with van der Waals surface area (Å²) in [6, 6.07) is 14.7. The number of ether oxygens (including phenoxy) is 1. The first-order valence-corrected chi connectivity index (χ1v) is 19.1. The number of carboxylic acid groups (broad SMARTS) is 1. The van der Waals surface area contributed by atoms with Crippen LogP contribution < -0.4 is 10.2 Å². The molecule has 284 valence electrons. The largest absolute Gasteiger partial charge is 0.496 e. The van der Waals surface area contributed by atoms with Crippen LogP contribution in [0.4, 0.5) is 0 Å². The lowest BCUT2D eigenvalue weighted by Gasteiger charge is -2.43. The molecule has 7 rings (SSSR count). The molecule has 13 nitrogen and oxygen atoms in total. The first kappa shape index (κ1) is 37.9. The fraction of sp³-hybridized carbons (Fsp3) is 0.462. The van der Waals surface area contributed by atoms with E-state index in [1.165, 1.54) is 0 Å². The molecule has 4 aliphatic heterocycles. The summed E-state index contributed by atoms with van der Waals surface area (Å²) in [5.74, 6) is -0.870. The zero-order valence-corrected chi connectivity index (χ0v) is 31.7. The number of carbonyl (C=O) groups excluding carboxylic acids is 2. The number of aliphatic carboxylic acids is 1. The van der Waals surface area contributed by atoms with Crippen LogP contribution in [0.25, 0.3) is 0 Å². The Morgan fingerprint density at radius 1 is 0.926 bits per heavy atom. The molecule has 0 aliphatic carbocycles. The highest BCUT2D eigenvalue weighted by Crippen LogP contribution is 2.43. The third-order valence-electron chi connectivity index (χ3n) is 11.8. The van der Waals surface area contributed by atoms with Crippen molar-refractivity contribution in [3.63, 3.8) is 0 Å². The summed E-state index contributed by atoms with van der Waals surface area (Å²) in [5, 5.41) is 24.0. The molecule has 3 fully saturated rings. The average molecular weight is 776 g/mol. The summed E-state index contributed by atoms with van der Waals surface area (Å²) in [6.07, 6.45) is 8.81. The number of nitrogens with one attached hydrogen (secondary N) is 1. The van der Waals surface area contributed by atoms with E-state index in [1.54, 1.807) is 31.8 Å². The molecular formula is C39H44Cl2N8O5. The molecule has 5 heterocycles.